The Morgan fingerprint density at radius 1 is 1.64 bits per heavy atom. The maximum Gasteiger partial charge on any atom is 0.348 e. The number of halogens is 1. The lowest BCUT2D eigenvalue weighted by molar-refractivity contribution is -0.135. The average Bonchev–Trinajstić information content (AvgIpc) is 2.55. The summed E-state index contributed by atoms with van der Waals surface area (Å²) in [6.07, 6.45) is -0.107. The number of methoxy groups -OCH3 is 2. The molecule has 1 aliphatic rings. The van der Waals surface area contributed by atoms with Crippen LogP contribution >= 0.6 is 18.7 Å². The largest absolute Gasteiger partial charge is 0.468 e. The van der Waals surface area contributed by atoms with Crippen molar-refractivity contribution < 1.29 is 23.6 Å². The quantitative estimate of drug-likeness (QED) is 0.425. The summed E-state index contributed by atoms with van der Waals surface area (Å²) >= 11 is 5.53. The van der Waals surface area contributed by atoms with E-state index >= 15 is 0 Å². The van der Waals surface area contributed by atoms with E-state index in [2.05, 4.69) is 4.74 Å². The van der Waals surface area contributed by atoms with Gasteiger partial charge in [0.25, 0.3) is 5.95 Å². The topological polar surface area (TPSA) is 61.8 Å². The highest BCUT2D eigenvalue weighted by molar-refractivity contribution is 7.70. The molecule has 80 valence electrons. The van der Waals surface area contributed by atoms with E-state index in [-0.39, 0.29) is 23.2 Å². The van der Waals surface area contributed by atoms with E-state index < -0.39 is 13.1 Å². The van der Waals surface area contributed by atoms with E-state index in [1.807, 2.05) is 0 Å². The van der Waals surface area contributed by atoms with Crippen molar-refractivity contribution in [3.8, 4) is 0 Å². The van der Waals surface area contributed by atoms with Gasteiger partial charge in [-0.1, -0.05) is 0 Å². The molecule has 0 aliphatic carbocycles. The number of esters is 1. The van der Waals surface area contributed by atoms with Crippen LogP contribution in [0, 0.1) is 0 Å². The number of hydrogen-bond donors (Lipinski definition) is 0. The molecule has 0 aromatic heterocycles. The first-order chi connectivity index (χ1) is 6.59. The number of ether oxygens (including phenoxy) is 3. The molecule has 7 heteroatoms. The van der Waals surface area contributed by atoms with E-state index in [1.165, 1.54) is 14.2 Å². The summed E-state index contributed by atoms with van der Waals surface area (Å²) < 4.78 is 26.2. The zero-order valence-electron chi connectivity index (χ0n) is 7.78. The molecule has 0 bridgehead atoms. The van der Waals surface area contributed by atoms with Crippen molar-refractivity contribution in [2.75, 3.05) is 26.2 Å². The second-order valence-electron chi connectivity index (χ2n) is 2.61. The molecular weight excluding hydrogens is 230 g/mol. The van der Waals surface area contributed by atoms with Gasteiger partial charge in [0.1, 0.15) is 6.35 Å². The molecule has 0 saturated heterocycles. The molecule has 1 heterocycles. The van der Waals surface area contributed by atoms with Gasteiger partial charge in [-0.25, -0.2) is 4.79 Å². The van der Waals surface area contributed by atoms with Crippen LogP contribution in [0.4, 0.5) is 0 Å². The Kier molecular flexibility index (Phi) is 3.45. The van der Waals surface area contributed by atoms with Gasteiger partial charge in [-0.2, -0.15) is 0 Å². The molecule has 5 nitrogen and oxygen atoms in total. The number of rotatable bonds is 3. The van der Waals surface area contributed by atoms with Gasteiger partial charge in [-0.15, -0.1) is 11.6 Å². The minimum Gasteiger partial charge on any atom is -0.468 e. The Bertz CT molecular complexity index is 324. The molecular formula is C7H10ClO5P. The molecule has 1 rings (SSSR count). The first kappa shape index (κ1) is 11.4. The molecule has 14 heavy (non-hydrogen) atoms. The van der Waals surface area contributed by atoms with Crippen LogP contribution in [0.25, 0.3) is 0 Å². The summed E-state index contributed by atoms with van der Waals surface area (Å²) in [7, 11) is -0.468. The molecule has 0 spiro atoms. The van der Waals surface area contributed by atoms with Gasteiger partial charge in [-0.3, -0.25) is 0 Å². The number of carbonyl (C=O) groups excluding carboxylic acids is 1. The third kappa shape index (κ3) is 1.74. The van der Waals surface area contributed by atoms with Gasteiger partial charge in [0.05, 0.1) is 19.8 Å². The van der Waals surface area contributed by atoms with Gasteiger partial charge < -0.3 is 18.8 Å². The van der Waals surface area contributed by atoms with Crippen molar-refractivity contribution in [3.05, 3.63) is 11.3 Å². The highest BCUT2D eigenvalue weighted by Gasteiger charge is 2.43. The summed E-state index contributed by atoms with van der Waals surface area (Å²) in [5.74, 6) is -0.774. The molecule has 0 radical (unpaired) electrons. The molecule has 1 atom stereocenters. The van der Waals surface area contributed by atoms with Crippen LogP contribution in [0.5, 0.6) is 0 Å². The Balaban J connectivity index is 3.14. The van der Waals surface area contributed by atoms with Crippen molar-refractivity contribution >= 4 is 24.7 Å². The first-order valence-corrected chi connectivity index (χ1v) is 6.34. The number of alkyl halides is 1. The second kappa shape index (κ2) is 4.24. The highest BCUT2D eigenvalue weighted by Crippen LogP contribution is 2.60. The van der Waals surface area contributed by atoms with E-state index in [9.17, 15) is 9.36 Å². The van der Waals surface area contributed by atoms with Gasteiger partial charge in [0, 0.05) is 0 Å². The normalized spacial score (nSPS) is 25.9. The average molecular weight is 241 g/mol. The molecule has 0 saturated carbocycles. The summed E-state index contributed by atoms with van der Waals surface area (Å²) in [6, 6.07) is 0. The molecule has 0 fully saturated rings. The number of carbonyl (C=O) groups is 1. The van der Waals surface area contributed by atoms with Crippen LogP contribution in [0.1, 0.15) is 0 Å². The van der Waals surface area contributed by atoms with Gasteiger partial charge in [0.15, 0.2) is 12.5 Å². The minimum absolute atomic E-state index is 0.0548. The minimum atomic E-state index is -2.98. The van der Waals surface area contributed by atoms with Crippen LogP contribution in [0.15, 0.2) is 11.3 Å². The third-order valence-electron chi connectivity index (χ3n) is 1.76. The van der Waals surface area contributed by atoms with Crippen LogP contribution in [-0.2, 0) is 23.6 Å². The van der Waals surface area contributed by atoms with Gasteiger partial charge in [-0.05, 0) is 0 Å². The fourth-order valence-electron chi connectivity index (χ4n) is 1.06. The summed E-state index contributed by atoms with van der Waals surface area (Å²) in [5.41, 5.74) is -0.162. The maximum absolute atomic E-state index is 12.0. The standard InChI is InChI=1S/C7H10ClO5P/c1-11-6(9)5-7(12-2)13-4-14(5,10)3-8/h3-4H2,1-2H3. The fourth-order valence-corrected chi connectivity index (χ4v) is 3.18. The van der Waals surface area contributed by atoms with E-state index in [0.717, 1.165) is 0 Å². The Labute approximate surface area is 86.3 Å². The van der Waals surface area contributed by atoms with Crippen molar-refractivity contribution in [1.29, 1.82) is 0 Å². The Morgan fingerprint density at radius 2 is 2.29 bits per heavy atom. The molecule has 0 N–H and O–H groups in total. The lowest BCUT2D eigenvalue weighted by Gasteiger charge is -2.07. The van der Waals surface area contributed by atoms with Crippen LogP contribution in [0.3, 0.4) is 0 Å². The lowest BCUT2D eigenvalue weighted by atomic mass is 10.6. The van der Waals surface area contributed by atoms with Gasteiger partial charge >= 0.3 is 5.97 Å². The van der Waals surface area contributed by atoms with Gasteiger partial charge in [0.2, 0.25) is 0 Å². The summed E-state index contributed by atoms with van der Waals surface area (Å²) in [4.78, 5) is 11.3. The van der Waals surface area contributed by atoms with E-state index in [0.29, 0.717) is 0 Å². The Hall–Kier alpha value is -0.670. The predicted molar refractivity (Wildman–Crippen MR) is 50.3 cm³/mol. The van der Waals surface area contributed by atoms with Crippen molar-refractivity contribution in [2.45, 2.75) is 0 Å². The van der Waals surface area contributed by atoms with Crippen molar-refractivity contribution in [3.63, 3.8) is 0 Å². The van der Waals surface area contributed by atoms with Crippen LogP contribution in [-0.4, -0.2) is 32.2 Å². The SMILES string of the molecule is COC(=O)C1=C(OC)OCP1(=O)CCl. The molecule has 1 unspecified atom stereocenters. The monoisotopic (exact) mass is 240 g/mol. The number of hydrogen-bond acceptors (Lipinski definition) is 5. The summed E-state index contributed by atoms with van der Waals surface area (Å²) in [6.45, 7) is 0. The summed E-state index contributed by atoms with van der Waals surface area (Å²) in [5, 5.41) is -0.0718. The first-order valence-electron chi connectivity index (χ1n) is 3.73. The maximum atomic E-state index is 12.0. The third-order valence-corrected chi connectivity index (χ3v) is 5.03. The zero-order valence-corrected chi connectivity index (χ0v) is 9.43. The molecule has 1 aliphatic heterocycles. The van der Waals surface area contributed by atoms with Crippen LogP contribution in [0.2, 0.25) is 0 Å². The predicted octanol–water partition coefficient (Wildman–Crippen LogP) is 1.52. The lowest BCUT2D eigenvalue weighted by Crippen LogP contribution is -2.06. The zero-order chi connectivity index (χ0) is 10.8. The smallest absolute Gasteiger partial charge is 0.348 e. The molecule has 0 aromatic rings. The second-order valence-corrected chi connectivity index (χ2v) is 6.05. The fraction of sp³-hybridized carbons (Fsp3) is 0.571. The van der Waals surface area contributed by atoms with E-state index in [1.54, 1.807) is 0 Å². The van der Waals surface area contributed by atoms with Crippen LogP contribution < -0.4 is 0 Å². The van der Waals surface area contributed by atoms with Crippen molar-refractivity contribution in [1.82, 2.24) is 0 Å². The Morgan fingerprint density at radius 3 is 2.71 bits per heavy atom. The van der Waals surface area contributed by atoms with Crippen molar-refractivity contribution in [2.24, 2.45) is 0 Å². The molecule has 0 aromatic carbocycles. The molecule has 0 amide bonds. The van der Waals surface area contributed by atoms with E-state index in [4.69, 9.17) is 21.1 Å². The highest BCUT2D eigenvalue weighted by atomic mass is 35.5.